The minimum absolute atomic E-state index is 0.0581. The van der Waals surface area contributed by atoms with Crippen LogP contribution in [-0.4, -0.2) is 11.9 Å². The van der Waals surface area contributed by atoms with Crippen LogP contribution in [0.15, 0.2) is 48.5 Å². The predicted molar refractivity (Wildman–Crippen MR) is 77.1 cm³/mol. The molecule has 0 N–H and O–H groups in total. The Bertz CT molecular complexity index is 579. The minimum atomic E-state index is -0.567. The molecule has 0 aliphatic rings. The van der Waals surface area contributed by atoms with Crippen LogP contribution < -0.4 is 4.74 Å². The molecule has 0 aliphatic carbocycles. The Hall–Kier alpha value is -1.80. The minimum Gasteiger partial charge on any atom is -0.481 e. The van der Waals surface area contributed by atoms with Gasteiger partial charge in [-0.05, 0) is 31.5 Å². The Labute approximate surface area is 118 Å². The molecule has 0 fully saturated rings. The number of hydrogen-bond donors (Lipinski definition) is 0. The van der Waals surface area contributed by atoms with Gasteiger partial charge in [0.1, 0.15) is 5.75 Å². The maximum Gasteiger partial charge on any atom is 0.202 e. The quantitative estimate of drug-likeness (QED) is 0.777. The number of halogens is 1. The van der Waals surface area contributed by atoms with Crippen LogP contribution in [0.25, 0.3) is 0 Å². The molecule has 0 aliphatic heterocycles. The van der Waals surface area contributed by atoms with Gasteiger partial charge in [0.25, 0.3) is 0 Å². The van der Waals surface area contributed by atoms with Crippen LogP contribution in [0.2, 0.25) is 5.02 Å². The van der Waals surface area contributed by atoms with Gasteiger partial charge in [-0.15, -0.1) is 0 Å². The summed E-state index contributed by atoms with van der Waals surface area (Å²) in [6.45, 7) is 3.68. The highest BCUT2D eigenvalue weighted by Gasteiger charge is 2.17. The van der Waals surface area contributed by atoms with E-state index in [-0.39, 0.29) is 5.78 Å². The molecule has 2 aromatic carbocycles. The molecular weight excluding hydrogens is 260 g/mol. The molecule has 2 aromatic rings. The number of hydrogen-bond acceptors (Lipinski definition) is 2. The van der Waals surface area contributed by atoms with E-state index in [2.05, 4.69) is 0 Å². The summed E-state index contributed by atoms with van der Waals surface area (Å²) < 4.78 is 5.63. The van der Waals surface area contributed by atoms with Crippen molar-refractivity contribution in [3.8, 4) is 5.75 Å². The summed E-state index contributed by atoms with van der Waals surface area (Å²) in [5, 5.41) is 0.521. The molecule has 1 atom stereocenters. The Morgan fingerprint density at radius 1 is 1.16 bits per heavy atom. The summed E-state index contributed by atoms with van der Waals surface area (Å²) in [6.07, 6.45) is -0.567. The average molecular weight is 275 g/mol. The van der Waals surface area contributed by atoms with Crippen LogP contribution in [0, 0.1) is 6.92 Å². The van der Waals surface area contributed by atoms with Crippen LogP contribution in [0.1, 0.15) is 22.8 Å². The number of carbonyl (C=O) groups is 1. The summed E-state index contributed by atoms with van der Waals surface area (Å²) in [6, 6.07) is 14.6. The fourth-order valence-electron chi connectivity index (χ4n) is 1.78. The van der Waals surface area contributed by atoms with Gasteiger partial charge in [0, 0.05) is 5.56 Å². The monoisotopic (exact) mass is 274 g/mol. The van der Waals surface area contributed by atoms with E-state index in [9.17, 15) is 4.79 Å². The highest BCUT2D eigenvalue weighted by molar-refractivity contribution is 6.32. The molecule has 19 heavy (non-hydrogen) atoms. The highest BCUT2D eigenvalue weighted by Crippen LogP contribution is 2.26. The zero-order valence-electron chi connectivity index (χ0n) is 10.9. The Balaban J connectivity index is 2.13. The van der Waals surface area contributed by atoms with Crippen molar-refractivity contribution >= 4 is 17.4 Å². The first-order chi connectivity index (χ1) is 9.08. The van der Waals surface area contributed by atoms with Gasteiger partial charge in [-0.2, -0.15) is 0 Å². The first-order valence-corrected chi connectivity index (χ1v) is 6.48. The van der Waals surface area contributed by atoms with Gasteiger partial charge in [-0.1, -0.05) is 48.0 Å². The van der Waals surface area contributed by atoms with E-state index in [1.807, 2.05) is 37.3 Å². The fourth-order valence-corrected chi connectivity index (χ4v) is 2.06. The molecular formula is C16H15ClO2. The van der Waals surface area contributed by atoms with Crippen LogP contribution >= 0.6 is 11.6 Å². The first kappa shape index (κ1) is 13.6. The molecule has 1 unspecified atom stereocenters. The molecule has 0 aromatic heterocycles. The van der Waals surface area contributed by atoms with Crippen molar-refractivity contribution in [2.45, 2.75) is 20.0 Å². The lowest BCUT2D eigenvalue weighted by atomic mass is 10.1. The maximum absolute atomic E-state index is 12.2. The lowest BCUT2D eigenvalue weighted by Gasteiger charge is -2.15. The molecule has 0 spiro atoms. The lowest BCUT2D eigenvalue weighted by molar-refractivity contribution is 0.0818. The summed E-state index contributed by atoms with van der Waals surface area (Å²) in [5.41, 5.74) is 1.69. The van der Waals surface area contributed by atoms with Gasteiger partial charge >= 0.3 is 0 Å². The SMILES string of the molecule is Cc1ccc(OC(C)C(=O)c2ccccc2)c(Cl)c1. The molecule has 3 heteroatoms. The third-order valence-corrected chi connectivity index (χ3v) is 3.11. The molecule has 0 radical (unpaired) electrons. The van der Waals surface area contributed by atoms with Crippen molar-refractivity contribution < 1.29 is 9.53 Å². The topological polar surface area (TPSA) is 26.3 Å². The van der Waals surface area contributed by atoms with E-state index in [0.717, 1.165) is 5.56 Å². The van der Waals surface area contributed by atoms with Gasteiger partial charge in [0.05, 0.1) is 5.02 Å². The standard InChI is InChI=1S/C16H15ClO2/c1-11-8-9-15(14(17)10-11)19-12(2)16(18)13-6-4-3-5-7-13/h3-10,12H,1-2H3. The zero-order chi connectivity index (χ0) is 13.8. The van der Waals surface area contributed by atoms with Crippen LogP contribution in [-0.2, 0) is 0 Å². The molecule has 0 bridgehead atoms. The van der Waals surface area contributed by atoms with Crippen molar-refractivity contribution in [3.63, 3.8) is 0 Å². The third kappa shape index (κ3) is 3.36. The number of benzene rings is 2. The predicted octanol–water partition coefficient (Wildman–Crippen LogP) is 4.30. The maximum atomic E-state index is 12.2. The van der Waals surface area contributed by atoms with E-state index < -0.39 is 6.10 Å². The van der Waals surface area contributed by atoms with Crippen molar-refractivity contribution in [1.82, 2.24) is 0 Å². The number of ketones is 1. The smallest absolute Gasteiger partial charge is 0.202 e. The second-order valence-electron chi connectivity index (χ2n) is 4.42. The number of Topliss-reactive ketones (excluding diaryl/α,β-unsaturated/α-hetero) is 1. The van der Waals surface area contributed by atoms with Crippen LogP contribution in [0.5, 0.6) is 5.75 Å². The van der Waals surface area contributed by atoms with Gasteiger partial charge in [0.15, 0.2) is 6.10 Å². The van der Waals surface area contributed by atoms with Gasteiger partial charge in [-0.3, -0.25) is 4.79 Å². The Kier molecular flexibility index (Phi) is 4.23. The normalized spacial score (nSPS) is 11.9. The second-order valence-corrected chi connectivity index (χ2v) is 4.83. The number of carbonyl (C=O) groups excluding carboxylic acids is 1. The Morgan fingerprint density at radius 2 is 1.84 bits per heavy atom. The van der Waals surface area contributed by atoms with E-state index in [1.165, 1.54) is 0 Å². The number of rotatable bonds is 4. The highest BCUT2D eigenvalue weighted by atomic mass is 35.5. The van der Waals surface area contributed by atoms with E-state index in [4.69, 9.17) is 16.3 Å². The van der Waals surface area contributed by atoms with Crippen molar-refractivity contribution in [2.24, 2.45) is 0 Å². The third-order valence-electron chi connectivity index (χ3n) is 2.82. The fraction of sp³-hybridized carbons (Fsp3) is 0.188. The summed E-state index contributed by atoms with van der Waals surface area (Å²) in [5.74, 6) is 0.473. The number of aryl methyl sites for hydroxylation is 1. The summed E-state index contributed by atoms with van der Waals surface area (Å²) in [4.78, 5) is 12.2. The van der Waals surface area contributed by atoms with Crippen LogP contribution in [0.3, 0.4) is 0 Å². The van der Waals surface area contributed by atoms with E-state index in [0.29, 0.717) is 16.3 Å². The average Bonchev–Trinajstić information content (AvgIpc) is 2.42. The molecule has 2 rings (SSSR count). The first-order valence-electron chi connectivity index (χ1n) is 6.10. The van der Waals surface area contributed by atoms with Gasteiger partial charge < -0.3 is 4.74 Å². The largest absolute Gasteiger partial charge is 0.481 e. The summed E-state index contributed by atoms with van der Waals surface area (Å²) >= 11 is 6.09. The summed E-state index contributed by atoms with van der Waals surface area (Å²) in [7, 11) is 0. The van der Waals surface area contributed by atoms with Crippen LogP contribution in [0.4, 0.5) is 0 Å². The zero-order valence-corrected chi connectivity index (χ0v) is 11.6. The molecule has 0 heterocycles. The number of ether oxygens (including phenoxy) is 1. The van der Waals surface area contributed by atoms with E-state index in [1.54, 1.807) is 25.1 Å². The lowest BCUT2D eigenvalue weighted by Crippen LogP contribution is -2.23. The van der Waals surface area contributed by atoms with Crippen molar-refractivity contribution in [3.05, 3.63) is 64.7 Å². The van der Waals surface area contributed by atoms with Crippen molar-refractivity contribution in [1.29, 1.82) is 0 Å². The molecule has 98 valence electrons. The van der Waals surface area contributed by atoms with Gasteiger partial charge in [0.2, 0.25) is 5.78 Å². The molecule has 0 saturated carbocycles. The van der Waals surface area contributed by atoms with Gasteiger partial charge in [-0.25, -0.2) is 0 Å². The Morgan fingerprint density at radius 3 is 2.47 bits per heavy atom. The molecule has 2 nitrogen and oxygen atoms in total. The molecule has 0 amide bonds. The molecule has 0 saturated heterocycles. The second kappa shape index (κ2) is 5.89. The van der Waals surface area contributed by atoms with Crippen molar-refractivity contribution in [2.75, 3.05) is 0 Å². The van der Waals surface area contributed by atoms with E-state index >= 15 is 0 Å².